The molecule has 0 bridgehead atoms. The number of carbonyl (C=O) groups is 1. The Morgan fingerprint density at radius 1 is 1.38 bits per heavy atom. The summed E-state index contributed by atoms with van der Waals surface area (Å²) in [6.45, 7) is 3.64. The third kappa shape index (κ3) is 2.95. The van der Waals surface area contributed by atoms with Gasteiger partial charge in [0.25, 0.3) is 5.91 Å². The zero-order valence-corrected chi connectivity index (χ0v) is 12.9. The Balaban J connectivity index is 1.65. The van der Waals surface area contributed by atoms with Crippen molar-refractivity contribution in [1.29, 1.82) is 0 Å². The van der Waals surface area contributed by atoms with Crippen LogP contribution in [0.1, 0.15) is 55.6 Å². The van der Waals surface area contributed by atoms with E-state index >= 15 is 0 Å². The second kappa shape index (κ2) is 6.13. The maximum absolute atomic E-state index is 12.5. The minimum absolute atomic E-state index is 0.0206. The van der Waals surface area contributed by atoms with Crippen molar-refractivity contribution in [3.8, 4) is 0 Å². The number of carbonyl (C=O) groups excluding carboxylic acids is 1. The zero-order chi connectivity index (χ0) is 14.8. The minimum atomic E-state index is -0.0206. The first-order valence-corrected chi connectivity index (χ1v) is 7.93. The van der Waals surface area contributed by atoms with Gasteiger partial charge in [-0.25, -0.2) is 4.68 Å². The minimum Gasteiger partial charge on any atom is -0.381 e. The Bertz CT molecular complexity index is 492. The molecular weight excluding hydrogens is 268 g/mol. The maximum Gasteiger partial charge on any atom is 0.276 e. The molecule has 116 valence electrons. The largest absolute Gasteiger partial charge is 0.381 e. The molecule has 0 spiro atoms. The Morgan fingerprint density at radius 3 is 2.71 bits per heavy atom. The second-order valence-electron chi connectivity index (χ2n) is 6.27. The van der Waals surface area contributed by atoms with Gasteiger partial charge >= 0.3 is 0 Å². The van der Waals surface area contributed by atoms with Crippen LogP contribution in [0.3, 0.4) is 0 Å². The molecule has 1 aromatic heterocycles. The lowest BCUT2D eigenvalue weighted by atomic mass is 9.80. The highest BCUT2D eigenvalue weighted by molar-refractivity contribution is 5.91. The fourth-order valence-electron chi connectivity index (χ4n) is 3.11. The van der Waals surface area contributed by atoms with E-state index in [4.69, 9.17) is 4.74 Å². The van der Waals surface area contributed by atoms with E-state index in [2.05, 4.69) is 17.2 Å². The maximum atomic E-state index is 12.5. The molecule has 2 heterocycles. The Hall–Kier alpha value is -1.43. The van der Waals surface area contributed by atoms with Gasteiger partial charge in [-0.1, -0.05) is 11.6 Å². The summed E-state index contributed by atoms with van der Waals surface area (Å²) in [6.07, 6.45) is 7.41. The monoisotopic (exact) mass is 292 g/mol. The van der Waals surface area contributed by atoms with Gasteiger partial charge in [-0.3, -0.25) is 4.79 Å². The van der Waals surface area contributed by atoms with E-state index in [1.165, 1.54) is 19.3 Å². The average molecular weight is 292 g/mol. The SMILES string of the molecule is C[C@@H](C1CCC1)N(C)C(=O)c1cn(C2CCOCC2)nn1. The van der Waals surface area contributed by atoms with E-state index in [0.29, 0.717) is 17.7 Å². The molecular formula is C15H24N4O2. The molecule has 6 heteroatoms. The molecule has 1 amide bonds. The van der Waals surface area contributed by atoms with E-state index < -0.39 is 0 Å². The number of ether oxygens (including phenoxy) is 1. The van der Waals surface area contributed by atoms with Gasteiger partial charge in [-0.15, -0.1) is 5.10 Å². The van der Waals surface area contributed by atoms with Gasteiger partial charge in [0, 0.05) is 26.3 Å². The lowest BCUT2D eigenvalue weighted by molar-refractivity contribution is 0.0622. The average Bonchev–Trinajstić information content (AvgIpc) is 2.94. The molecule has 21 heavy (non-hydrogen) atoms. The molecule has 0 radical (unpaired) electrons. The first kappa shape index (κ1) is 14.5. The molecule has 2 aliphatic rings. The smallest absolute Gasteiger partial charge is 0.276 e. The van der Waals surface area contributed by atoms with Gasteiger partial charge in [-0.05, 0) is 38.5 Å². The lowest BCUT2D eigenvalue weighted by Gasteiger charge is -2.36. The van der Waals surface area contributed by atoms with Crippen LogP contribution in [0.4, 0.5) is 0 Å². The highest BCUT2D eigenvalue weighted by atomic mass is 16.5. The summed E-state index contributed by atoms with van der Waals surface area (Å²) in [5.74, 6) is 0.622. The van der Waals surface area contributed by atoms with Crippen LogP contribution in [-0.2, 0) is 4.74 Å². The van der Waals surface area contributed by atoms with Crippen molar-refractivity contribution in [2.75, 3.05) is 20.3 Å². The standard InChI is InChI=1S/C15H24N4O2/c1-11(12-4-3-5-12)18(2)15(20)14-10-19(17-16-14)13-6-8-21-9-7-13/h10-13H,3-9H2,1-2H3/t11-/m0/s1. The van der Waals surface area contributed by atoms with Crippen LogP contribution in [0.15, 0.2) is 6.20 Å². The van der Waals surface area contributed by atoms with Gasteiger partial charge in [0.1, 0.15) is 0 Å². The van der Waals surface area contributed by atoms with Crippen molar-refractivity contribution in [3.05, 3.63) is 11.9 Å². The molecule has 1 aromatic rings. The van der Waals surface area contributed by atoms with Crippen molar-refractivity contribution in [2.24, 2.45) is 5.92 Å². The van der Waals surface area contributed by atoms with Crippen molar-refractivity contribution in [1.82, 2.24) is 19.9 Å². The third-order valence-electron chi connectivity index (χ3n) is 5.06. The molecule has 1 saturated carbocycles. The Labute approximate surface area is 125 Å². The number of rotatable bonds is 4. The lowest BCUT2D eigenvalue weighted by Crippen LogP contribution is -2.42. The van der Waals surface area contributed by atoms with Crippen molar-refractivity contribution in [2.45, 2.75) is 51.1 Å². The number of aromatic nitrogens is 3. The topological polar surface area (TPSA) is 60.2 Å². The molecule has 0 N–H and O–H groups in total. The van der Waals surface area contributed by atoms with Gasteiger partial charge in [-0.2, -0.15) is 0 Å². The Kier molecular flexibility index (Phi) is 4.24. The second-order valence-corrected chi connectivity index (χ2v) is 6.27. The third-order valence-corrected chi connectivity index (χ3v) is 5.06. The van der Waals surface area contributed by atoms with Crippen molar-refractivity contribution < 1.29 is 9.53 Å². The van der Waals surface area contributed by atoms with Crippen molar-refractivity contribution in [3.63, 3.8) is 0 Å². The van der Waals surface area contributed by atoms with E-state index in [1.807, 2.05) is 16.6 Å². The molecule has 6 nitrogen and oxygen atoms in total. The van der Waals surface area contributed by atoms with Crippen LogP contribution < -0.4 is 0 Å². The van der Waals surface area contributed by atoms with E-state index in [0.717, 1.165) is 26.1 Å². The predicted molar refractivity (Wildman–Crippen MR) is 78.0 cm³/mol. The summed E-state index contributed by atoms with van der Waals surface area (Å²) in [4.78, 5) is 14.3. The van der Waals surface area contributed by atoms with E-state index in [9.17, 15) is 4.79 Å². The number of hydrogen-bond donors (Lipinski definition) is 0. The normalized spacial score (nSPS) is 21.8. The predicted octanol–water partition coefficient (Wildman–Crippen LogP) is 1.89. The van der Waals surface area contributed by atoms with Crippen LogP contribution in [-0.4, -0.2) is 52.1 Å². The van der Waals surface area contributed by atoms with Gasteiger partial charge in [0.2, 0.25) is 0 Å². The van der Waals surface area contributed by atoms with Gasteiger partial charge in [0.15, 0.2) is 5.69 Å². The molecule has 2 fully saturated rings. The first-order chi connectivity index (χ1) is 10.2. The fourth-order valence-corrected chi connectivity index (χ4v) is 3.11. The molecule has 0 unspecified atom stereocenters. The fraction of sp³-hybridized carbons (Fsp3) is 0.800. The molecule has 1 aliphatic heterocycles. The number of amides is 1. The summed E-state index contributed by atoms with van der Waals surface area (Å²) in [5, 5.41) is 8.22. The number of nitrogens with zero attached hydrogens (tertiary/aromatic N) is 4. The molecule has 1 saturated heterocycles. The van der Waals surface area contributed by atoms with Gasteiger partial charge in [0.05, 0.1) is 12.2 Å². The molecule has 1 aliphatic carbocycles. The highest BCUT2D eigenvalue weighted by Gasteiger charge is 2.30. The number of hydrogen-bond acceptors (Lipinski definition) is 4. The van der Waals surface area contributed by atoms with Crippen LogP contribution in [0.2, 0.25) is 0 Å². The first-order valence-electron chi connectivity index (χ1n) is 7.93. The van der Waals surface area contributed by atoms with Crippen LogP contribution in [0.25, 0.3) is 0 Å². The quantitative estimate of drug-likeness (QED) is 0.850. The Morgan fingerprint density at radius 2 is 2.10 bits per heavy atom. The molecule has 0 aromatic carbocycles. The van der Waals surface area contributed by atoms with Crippen LogP contribution in [0, 0.1) is 5.92 Å². The summed E-state index contributed by atoms with van der Waals surface area (Å²) in [7, 11) is 1.87. The van der Waals surface area contributed by atoms with Crippen LogP contribution >= 0.6 is 0 Å². The molecule has 1 atom stereocenters. The zero-order valence-electron chi connectivity index (χ0n) is 12.9. The highest BCUT2D eigenvalue weighted by Crippen LogP contribution is 2.32. The summed E-state index contributed by atoms with van der Waals surface area (Å²) in [6, 6.07) is 0.585. The van der Waals surface area contributed by atoms with E-state index in [-0.39, 0.29) is 11.9 Å². The summed E-state index contributed by atoms with van der Waals surface area (Å²) >= 11 is 0. The molecule has 3 rings (SSSR count). The summed E-state index contributed by atoms with van der Waals surface area (Å²) < 4.78 is 7.18. The van der Waals surface area contributed by atoms with Crippen molar-refractivity contribution >= 4 is 5.91 Å². The van der Waals surface area contributed by atoms with E-state index in [1.54, 1.807) is 6.20 Å². The summed E-state index contributed by atoms with van der Waals surface area (Å²) in [5.41, 5.74) is 0.454. The van der Waals surface area contributed by atoms with Crippen LogP contribution in [0.5, 0.6) is 0 Å². The van der Waals surface area contributed by atoms with Gasteiger partial charge < -0.3 is 9.64 Å².